The van der Waals surface area contributed by atoms with Gasteiger partial charge in [0, 0.05) is 19.0 Å². The Morgan fingerprint density at radius 3 is 2.77 bits per heavy atom. The second-order valence-electron chi connectivity index (χ2n) is 5.54. The predicted molar refractivity (Wildman–Crippen MR) is 77.0 cm³/mol. The van der Waals surface area contributed by atoms with Crippen molar-refractivity contribution in [3.05, 3.63) is 42.0 Å². The van der Waals surface area contributed by atoms with Crippen LogP contribution in [0.5, 0.6) is 0 Å². The number of aliphatic hydroxyl groups excluding tert-OH is 1. The lowest BCUT2D eigenvalue weighted by atomic mass is 10.0. The minimum atomic E-state index is -0.423. The Morgan fingerprint density at radius 1 is 1.41 bits per heavy atom. The van der Waals surface area contributed by atoms with Crippen LogP contribution >= 0.6 is 0 Å². The van der Waals surface area contributed by atoms with Crippen molar-refractivity contribution in [2.45, 2.75) is 19.4 Å². The van der Waals surface area contributed by atoms with E-state index < -0.39 is 6.10 Å². The first-order valence-electron chi connectivity index (χ1n) is 7.20. The van der Waals surface area contributed by atoms with E-state index in [0.717, 1.165) is 6.42 Å². The van der Waals surface area contributed by atoms with E-state index in [0.29, 0.717) is 18.8 Å². The molecule has 0 spiro atoms. The molecule has 7 heteroatoms. The molecule has 2 heterocycles. The second kappa shape index (κ2) is 5.84. The van der Waals surface area contributed by atoms with E-state index in [4.69, 9.17) is 0 Å². The molecular formula is C15H17FN4O2. The third kappa shape index (κ3) is 2.85. The third-order valence-electron chi connectivity index (χ3n) is 3.96. The number of amides is 1. The quantitative estimate of drug-likeness (QED) is 0.926. The molecule has 22 heavy (non-hydrogen) atoms. The molecule has 1 aromatic heterocycles. The summed E-state index contributed by atoms with van der Waals surface area (Å²) in [5.74, 6) is -0.430. The molecule has 0 saturated carbocycles. The lowest BCUT2D eigenvalue weighted by Gasteiger charge is -2.16. The molecule has 3 rings (SSSR count). The van der Waals surface area contributed by atoms with E-state index in [2.05, 4.69) is 10.2 Å². The fourth-order valence-electron chi connectivity index (χ4n) is 2.59. The Bertz CT molecular complexity index is 668. The average molecular weight is 304 g/mol. The highest BCUT2D eigenvalue weighted by atomic mass is 19.1. The first-order chi connectivity index (χ1) is 10.5. The van der Waals surface area contributed by atoms with Crippen molar-refractivity contribution in [1.29, 1.82) is 0 Å². The molecule has 2 unspecified atom stereocenters. The molecule has 2 atom stereocenters. The predicted octanol–water partition coefficient (Wildman–Crippen LogP) is 1.25. The maximum atomic E-state index is 12.9. The fraction of sp³-hybridized carbons (Fsp3) is 0.400. The zero-order chi connectivity index (χ0) is 15.7. The van der Waals surface area contributed by atoms with Crippen LogP contribution in [0.2, 0.25) is 0 Å². The average Bonchev–Trinajstić information content (AvgIpc) is 3.17. The van der Waals surface area contributed by atoms with Crippen molar-refractivity contribution in [3.63, 3.8) is 0 Å². The minimum absolute atomic E-state index is 0.107. The number of hydrogen-bond donors (Lipinski definition) is 1. The maximum Gasteiger partial charge on any atom is 0.276 e. The molecule has 1 aliphatic heterocycles. The standard InChI is InChI=1S/C15H17FN4O2/c1-10(21)11-6-7-19(9-11)15(22)14-8-17-20(18-14)13-4-2-12(16)3-5-13/h2-5,8,10-11,21H,6-7,9H2,1H3. The number of rotatable bonds is 3. The van der Waals surface area contributed by atoms with E-state index in [1.165, 1.54) is 23.1 Å². The zero-order valence-corrected chi connectivity index (χ0v) is 12.2. The SMILES string of the molecule is CC(O)C1CCN(C(=O)c2cnn(-c3ccc(F)cc3)n2)C1. The van der Waals surface area contributed by atoms with Gasteiger partial charge in [0.2, 0.25) is 0 Å². The van der Waals surface area contributed by atoms with Crippen LogP contribution in [0.25, 0.3) is 5.69 Å². The zero-order valence-electron chi connectivity index (χ0n) is 12.2. The summed E-state index contributed by atoms with van der Waals surface area (Å²) in [6.45, 7) is 2.88. The molecule has 2 aromatic rings. The van der Waals surface area contributed by atoms with E-state index >= 15 is 0 Å². The Morgan fingerprint density at radius 2 is 2.14 bits per heavy atom. The van der Waals surface area contributed by atoms with Crippen LogP contribution in [0.15, 0.2) is 30.5 Å². The number of carbonyl (C=O) groups excluding carboxylic acids is 1. The molecule has 116 valence electrons. The summed E-state index contributed by atoms with van der Waals surface area (Å²) in [5.41, 5.74) is 0.833. The van der Waals surface area contributed by atoms with Gasteiger partial charge in [-0.25, -0.2) is 4.39 Å². The molecule has 6 nitrogen and oxygen atoms in total. The fourth-order valence-corrected chi connectivity index (χ4v) is 2.59. The summed E-state index contributed by atoms with van der Waals surface area (Å²) in [6.07, 6.45) is 1.77. The second-order valence-corrected chi connectivity index (χ2v) is 5.54. The topological polar surface area (TPSA) is 71.2 Å². The molecule has 0 radical (unpaired) electrons. The maximum absolute atomic E-state index is 12.9. The first-order valence-corrected chi connectivity index (χ1v) is 7.20. The summed E-state index contributed by atoms with van der Waals surface area (Å²) in [7, 11) is 0. The van der Waals surface area contributed by atoms with E-state index in [1.54, 1.807) is 24.0 Å². The first kappa shape index (κ1) is 14.6. The summed E-state index contributed by atoms with van der Waals surface area (Å²) in [6, 6.07) is 5.72. The van der Waals surface area contributed by atoms with Gasteiger partial charge in [-0.05, 0) is 37.6 Å². The van der Waals surface area contributed by atoms with Crippen molar-refractivity contribution in [3.8, 4) is 5.69 Å². The highest BCUT2D eigenvalue weighted by molar-refractivity contribution is 5.92. The Balaban J connectivity index is 1.74. The van der Waals surface area contributed by atoms with Crippen LogP contribution in [0.1, 0.15) is 23.8 Å². The number of halogens is 1. The van der Waals surface area contributed by atoms with Gasteiger partial charge in [0.15, 0.2) is 5.69 Å². The molecule has 1 saturated heterocycles. The van der Waals surface area contributed by atoms with E-state index in [-0.39, 0.29) is 23.3 Å². The molecule has 0 aliphatic carbocycles. The highest BCUT2D eigenvalue weighted by Crippen LogP contribution is 2.21. The molecule has 1 fully saturated rings. The van der Waals surface area contributed by atoms with Crippen molar-refractivity contribution >= 4 is 5.91 Å². The lowest BCUT2D eigenvalue weighted by Crippen LogP contribution is -2.30. The number of hydrogen-bond acceptors (Lipinski definition) is 4. The number of aromatic nitrogens is 3. The van der Waals surface area contributed by atoms with Crippen LogP contribution < -0.4 is 0 Å². The number of likely N-dealkylation sites (tertiary alicyclic amines) is 1. The normalized spacial score (nSPS) is 19.4. The van der Waals surface area contributed by atoms with E-state index in [9.17, 15) is 14.3 Å². The molecule has 1 aromatic carbocycles. The van der Waals surface area contributed by atoms with Gasteiger partial charge in [-0.1, -0.05) is 0 Å². The van der Waals surface area contributed by atoms with Crippen LogP contribution in [-0.4, -0.2) is 50.1 Å². The van der Waals surface area contributed by atoms with E-state index in [1.807, 2.05) is 0 Å². The van der Waals surface area contributed by atoms with Gasteiger partial charge < -0.3 is 10.0 Å². The molecular weight excluding hydrogens is 287 g/mol. The van der Waals surface area contributed by atoms with Crippen molar-refractivity contribution in [2.75, 3.05) is 13.1 Å². The summed E-state index contributed by atoms with van der Waals surface area (Å²) < 4.78 is 12.9. The highest BCUT2D eigenvalue weighted by Gasteiger charge is 2.30. The van der Waals surface area contributed by atoms with Crippen LogP contribution in [0.3, 0.4) is 0 Å². The third-order valence-corrected chi connectivity index (χ3v) is 3.96. The lowest BCUT2D eigenvalue weighted by molar-refractivity contribution is 0.0756. The molecule has 0 bridgehead atoms. The van der Waals surface area contributed by atoms with Gasteiger partial charge in [-0.15, -0.1) is 5.10 Å². The smallest absolute Gasteiger partial charge is 0.276 e. The van der Waals surface area contributed by atoms with Gasteiger partial charge in [0.05, 0.1) is 18.0 Å². The summed E-state index contributed by atoms with van der Waals surface area (Å²) >= 11 is 0. The van der Waals surface area contributed by atoms with Crippen molar-refractivity contribution in [2.24, 2.45) is 5.92 Å². The van der Waals surface area contributed by atoms with Crippen LogP contribution in [0.4, 0.5) is 4.39 Å². The van der Waals surface area contributed by atoms with Crippen molar-refractivity contribution < 1.29 is 14.3 Å². The van der Waals surface area contributed by atoms with Gasteiger partial charge in [0.25, 0.3) is 5.91 Å². The van der Waals surface area contributed by atoms with Gasteiger partial charge >= 0.3 is 0 Å². The number of carbonyl (C=O) groups is 1. The van der Waals surface area contributed by atoms with Gasteiger partial charge in [-0.2, -0.15) is 9.90 Å². The Kier molecular flexibility index (Phi) is 3.89. The Hall–Kier alpha value is -2.28. The summed E-state index contributed by atoms with van der Waals surface area (Å²) in [5, 5.41) is 17.8. The number of benzene rings is 1. The molecule has 1 N–H and O–H groups in total. The van der Waals surface area contributed by atoms with Crippen molar-refractivity contribution in [1.82, 2.24) is 19.9 Å². The largest absolute Gasteiger partial charge is 0.393 e. The summed E-state index contributed by atoms with van der Waals surface area (Å²) in [4.78, 5) is 15.4. The monoisotopic (exact) mass is 304 g/mol. The number of aliphatic hydroxyl groups is 1. The number of nitrogens with zero attached hydrogens (tertiary/aromatic N) is 4. The van der Waals surface area contributed by atoms with Gasteiger partial charge in [0.1, 0.15) is 5.82 Å². The van der Waals surface area contributed by atoms with Gasteiger partial charge in [-0.3, -0.25) is 4.79 Å². The molecule has 1 amide bonds. The Labute approximate surface area is 127 Å². The molecule has 1 aliphatic rings. The minimum Gasteiger partial charge on any atom is -0.393 e. The van der Waals surface area contributed by atoms with Crippen LogP contribution in [0, 0.1) is 11.7 Å². The van der Waals surface area contributed by atoms with Crippen LogP contribution in [-0.2, 0) is 0 Å².